The third kappa shape index (κ3) is 4.83. The van der Waals surface area contributed by atoms with E-state index in [1.165, 1.54) is 0 Å². The molecule has 2 rings (SSSR count). The van der Waals surface area contributed by atoms with Crippen LogP contribution in [0.5, 0.6) is 0 Å². The average Bonchev–Trinajstić information content (AvgIpc) is 2.55. The Morgan fingerprint density at radius 3 is 2.38 bits per heavy atom. The monoisotopic (exact) mass is 345 g/mol. The van der Waals surface area contributed by atoms with Crippen LogP contribution >= 0.6 is 11.6 Å². The molecule has 0 aliphatic heterocycles. The molecule has 0 bridgehead atoms. The zero-order valence-corrected chi connectivity index (χ0v) is 14.7. The Morgan fingerprint density at radius 2 is 1.79 bits per heavy atom. The predicted molar refractivity (Wildman–Crippen MR) is 95.6 cm³/mol. The largest absolute Gasteiger partial charge is 0.452 e. The second kappa shape index (κ2) is 7.97. The summed E-state index contributed by atoms with van der Waals surface area (Å²) in [6.07, 6.45) is 0. The molecule has 0 unspecified atom stereocenters. The number of hydrogen-bond acceptors (Lipinski definition) is 3. The molecule has 0 radical (unpaired) electrons. The first-order valence-electron chi connectivity index (χ1n) is 7.70. The number of anilines is 1. The molecule has 5 heteroatoms. The number of benzene rings is 2. The van der Waals surface area contributed by atoms with Crippen molar-refractivity contribution in [3.05, 3.63) is 64.2 Å². The second-order valence-corrected chi connectivity index (χ2v) is 6.30. The molecule has 0 aliphatic carbocycles. The van der Waals surface area contributed by atoms with E-state index in [-0.39, 0.29) is 6.61 Å². The summed E-state index contributed by atoms with van der Waals surface area (Å²) in [5.74, 6) is -0.524. The van der Waals surface area contributed by atoms with Gasteiger partial charge in [0, 0.05) is 10.7 Å². The maximum Gasteiger partial charge on any atom is 0.338 e. The lowest BCUT2D eigenvalue weighted by Crippen LogP contribution is -2.21. The van der Waals surface area contributed by atoms with Crippen LogP contribution in [-0.4, -0.2) is 18.5 Å². The molecule has 1 N–H and O–H groups in total. The van der Waals surface area contributed by atoms with Crippen LogP contribution in [0.25, 0.3) is 0 Å². The van der Waals surface area contributed by atoms with E-state index in [4.69, 9.17) is 16.3 Å². The molecule has 0 aliphatic rings. The van der Waals surface area contributed by atoms with E-state index in [0.717, 1.165) is 11.1 Å². The lowest BCUT2D eigenvalue weighted by molar-refractivity contribution is -0.119. The number of hydrogen-bond donors (Lipinski definition) is 1. The fraction of sp³-hybridized carbons (Fsp3) is 0.263. The molecular weight excluding hydrogens is 326 g/mol. The van der Waals surface area contributed by atoms with Gasteiger partial charge in [-0.15, -0.1) is 0 Å². The number of carbonyl (C=O) groups is 2. The van der Waals surface area contributed by atoms with Gasteiger partial charge < -0.3 is 10.1 Å². The summed E-state index contributed by atoms with van der Waals surface area (Å²) in [6.45, 7) is 5.66. The summed E-state index contributed by atoms with van der Waals surface area (Å²) in [4.78, 5) is 23.9. The van der Waals surface area contributed by atoms with Crippen molar-refractivity contribution in [2.75, 3.05) is 11.9 Å². The second-order valence-electron chi connectivity index (χ2n) is 5.86. The van der Waals surface area contributed by atoms with E-state index >= 15 is 0 Å². The number of amides is 1. The standard InChI is InChI=1S/C19H20ClNO3/c1-12(2)14-4-6-15(7-5-14)19(23)24-11-18(22)21-17-9-8-16(20)10-13(17)3/h4-10,12H,11H2,1-3H3,(H,21,22). The number of esters is 1. The van der Waals surface area contributed by atoms with E-state index < -0.39 is 11.9 Å². The van der Waals surface area contributed by atoms with Gasteiger partial charge in [0.1, 0.15) is 0 Å². The summed E-state index contributed by atoms with van der Waals surface area (Å²) < 4.78 is 5.05. The van der Waals surface area contributed by atoms with E-state index in [0.29, 0.717) is 22.2 Å². The Morgan fingerprint density at radius 1 is 1.12 bits per heavy atom. The minimum Gasteiger partial charge on any atom is -0.452 e. The van der Waals surface area contributed by atoms with E-state index in [9.17, 15) is 9.59 Å². The van der Waals surface area contributed by atoms with Crippen LogP contribution in [0, 0.1) is 6.92 Å². The van der Waals surface area contributed by atoms with Gasteiger partial charge in [-0.1, -0.05) is 37.6 Å². The summed E-state index contributed by atoms with van der Waals surface area (Å²) in [7, 11) is 0. The molecule has 0 spiro atoms. The molecule has 0 heterocycles. The summed E-state index contributed by atoms with van der Waals surface area (Å²) >= 11 is 5.87. The Bertz CT molecular complexity index is 739. The lowest BCUT2D eigenvalue weighted by atomic mass is 10.0. The first-order valence-corrected chi connectivity index (χ1v) is 8.07. The van der Waals surface area contributed by atoms with Gasteiger partial charge in [0.15, 0.2) is 6.61 Å². The van der Waals surface area contributed by atoms with Crippen LogP contribution in [0.4, 0.5) is 5.69 Å². The van der Waals surface area contributed by atoms with Gasteiger partial charge in [0.25, 0.3) is 5.91 Å². The number of carbonyl (C=O) groups excluding carboxylic acids is 2. The van der Waals surface area contributed by atoms with Gasteiger partial charge in [-0.25, -0.2) is 4.79 Å². The van der Waals surface area contributed by atoms with Crippen LogP contribution in [0.3, 0.4) is 0 Å². The molecule has 4 nitrogen and oxygen atoms in total. The molecule has 24 heavy (non-hydrogen) atoms. The van der Waals surface area contributed by atoms with E-state index in [1.54, 1.807) is 30.3 Å². The van der Waals surface area contributed by atoms with Crippen molar-refractivity contribution in [2.45, 2.75) is 26.7 Å². The average molecular weight is 346 g/mol. The van der Waals surface area contributed by atoms with Crippen molar-refractivity contribution in [3.8, 4) is 0 Å². The minimum atomic E-state index is -0.520. The van der Waals surface area contributed by atoms with Gasteiger partial charge in [0.2, 0.25) is 0 Å². The summed E-state index contributed by atoms with van der Waals surface area (Å²) in [5, 5.41) is 3.29. The molecule has 0 saturated carbocycles. The van der Waals surface area contributed by atoms with Crippen molar-refractivity contribution in [1.29, 1.82) is 0 Å². The van der Waals surface area contributed by atoms with Gasteiger partial charge >= 0.3 is 5.97 Å². The minimum absolute atomic E-state index is 0.340. The Kier molecular flexibility index (Phi) is 5.99. The maximum absolute atomic E-state index is 12.0. The molecular formula is C19H20ClNO3. The smallest absolute Gasteiger partial charge is 0.338 e. The zero-order valence-electron chi connectivity index (χ0n) is 13.9. The number of rotatable bonds is 5. The highest BCUT2D eigenvalue weighted by atomic mass is 35.5. The van der Waals surface area contributed by atoms with Crippen LogP contribution in [0.15, 0.2) is 42.5 Å². The normalized spacial score (nSPS) is 10.5. The summed E-state index contributed by atoms with van der Waals surface area (Å²) in [5.41, 5.74) is 3.05. The molecule has 126 valence electrons. The third-order valence-corrected chi connectivity index (χ3v) is 3.85. The van der Waals surface area contributed by atoms with Crippen molar-refractivity contribution in [3.63, 3.8) is 0 Å². The maximum atomic E-state index is 12.0. The van der Waals surface area contributed by atoms with Crippen molar-refractivity contribution < 1.29 is 14.3 Å². The van der Waals surface area contributed by atoms with E-state index in [2.05, 4.69) is 19.2 Å². The molecule has 0 atom stereocenters. The van der Waals surface area contributed by atoms with E-state index in [1.807, 2.05) is 19.1 Å². The van der Waals surface area contributed by atoms with Gasteiger partial charge in [-0.3, -0.25) is 4.79 Å². The van der Waals surface area contributed by atoms with Crippen molar-refractivity contribution >= 4 is 29.2 Å². The molecule has 0 saturated heterocycles. The molecule has 0 aromatic heterocycles. The highest BCUT2D eigenvalue weighted by molar-refractivity contribution is 6.30. The van der Waals surface area contributed by atoms with Gasteiger partial charge in [-0.05, 0) is 54.3 Å². The quantitative estimate of drug-likeness (QED) is 0.808. The highest BCUT2D eigenvalue weighted by Crippen LogP contribution is 2.19. The number of nitrogens with one attached hydrogen (secondary N) is 1. The number of aryl methyl sites for hydroxylation is 1. The molecule has 0 fully saturated rings. The van der Waals surface area contributed by atoms with Crippen LogP contribution in [0.1, 0.15) is 41.3 Å². The predicted octanol–water partition coefficient (Wildman–Crippen LogP) is 4.57. The number of halogens is 1. The van der Waals surface area contributed by atoms with Crippen LogP contribution < -0.4 is 5.32 Å². The Hall–Kier alpha value is -2.33. The Labute approximate surface area is 146 Å². The topological polar surface area (TPSA) is 55.4 Å². The molecule has 2 aromatic rings. The van der Waals surface area contributed by atoms with Gasteiger partial charge in [0.05, 0.1) is 5.56 Å². The lowest BCUT2D eigenvalue weighted by Gasteiger charge is -2.10. The first-order chi connectivity index (χ1) is 11.4. The first kappa shape index (κ1) is 18.0. The van der Waals surface area contributed by atoms with Crippen LogP contribution in [-0.2, 0) is 9.53 Å². The Balaban J connectivity index is 1.90. The SMILES string of the molecule is Cc1cc(Cl)ccc1NC(=O)COC(=O)c1ccc(C(C)C)cc1. The molecule has 1 amide bonds. The fourth-order valence-corrected chi connectivity index (χ4v) is 2.40. The van der Waals surface area contributed by atoms with Crippen LogP contribution in [0.2, 0.25) is 5.02 Å². The van der Waals surface area contributed by atoms with Gasteiger partial charge in [-0.2, -0.15) is 0 Å². The highest BCUT2D eigenvalue weighted by Gasteiger charge is 2.11. The molecule has 2 aromatic carbocycles. The third-order valence-electron chi connectivity index (χ3n) is 3.61. The zero-order chi connectivity index (χ0) is 17.7. The number of ether oxygens (including phenoxy) is 1. The fourth-order valence-electron chi connectivity index (χ4n) is 2.17. The van der Waals surface area contributed by atoms with Crippen molar-refractivity contribution in [2.24, 2.45) is 0 Å². The van der Waals surface area contributed by atoms with Crippen molar-refractivity contribution in [1.82, 2.24) is 0 Å². The summed E-state index contributed by atoms with van der Waals surface area (Å²) in [6, 6.07) is 12.3.